The zero-order chi connectivity index (χ0) is 11.0. The van der Waals surface area contributed by atoms with E-state index >= 15 is 0 Å². The van der Waals surface area contributed by atoms with Crippen LogP contribution in [-0.4, -0.2) is 0 Å². The van der Waals surface area contributed by atoms with Crippen molar-refractivity contribution in [1.29, 1.82) is 5.26 Å². The Morgan fingerprint density at radius 1 is 1.29 bits per heavy atom. The molecule has 78 valence electrons. The van der Waals surface area contributed by atoms with E-state index in [0.29, 0.717) is 0 Å². The molecule has 0 saturated carbocycles. The third-order valence-electron chi connectivity index (χ3n) is 2.20. The van der Waals surface area contributed by atoms with Gasteiger partial charge < -0.3 is 0 Å². The molecule has 0 N–H and O–H groups in total. The number of nitriles is 1. The summed E-state index contributed by atoms with van der Waals surface area (Å²) in [6.07, 6.45) is 9.12. The zero-order valence-corrected chi connectivity index (χ0v) is 9.80. The second kappa shape index (κ2) is 6.43. The van der Waals surface area contributed by atoms with Crippen molar-refractivity contribution in [3.05, 3.63) is 23.8 Å². The van der Waals surface area contributed by atoms with Crippen molar-refractivity contribution in [3.63, 3.8) is 0 Å². The molecule has 0 bridgehead atoms. The Kier molecular flexibility index (Phi) is 5.95. The number of allylic oxidation sites excluding steroid dienone is 4. The van der Waals surface area contributed by atoms with Gasteiger partial charge in [-0.15, -0.1) is 0 Å². The van der Waals surface area contributed by atoms with Crippen molar-refractivity contribution in [2.75, 3.05) is 0 Å². The van der Waals surface area contributed by atoms with E-state index in [-0.39, 0.29) is 5.41 Å². The second-order valence-electron chi connectivity index (χ2n) is 4.24. The molecule has 0 radical (unpaired) electrons. The lowest BCUT2D eigenvalue weighted by Crippen LogP contribution is -2.11. The van der Waals surface area contributed by atoms with Crippen molar-refractivity contribution >= 4 is 0 Å². The highest BCUT2D eigenvalue weighted by Gasteiger charge is 2.20. The highest BCUT2D eigenvalue weighted by molar-refractivity contribution is 5.07. The van der Waals surface area contributed by atoms with Gasteiger partial charge >= 0.3 is 0 Å². The molecule has 0 aromatic carbocycles. The van der Waals surface area contributed by atoms with Gasteiger partial charge in [-0.05, 0) is 40.0 Å². The van der Waals surface area contributed by atoms with E-state index in [9.17, 15) is 0 Å². The van der Waals surface area contributed by atoms with Crippen molar-refractivity contribution < 1.29 is 0 Å². The smallest absolute Gasteiger partial charge is 0.0693 e. The standard InChI is InChI=1S/C13H21N/c1-5-6-7-9-13(4,11-14)10-8-12(2)3/h6-8H,5,9-10H2,1-4H3. The van der Waals surface area contributed by atoms with E-state index in [4.69, 9.17) is 5.26 Å². The summed E-state index contributed by atoms with van der Waals surface area (Å²) in [6, 6.07) is 2.40. The highest BCUT2D eigenvalue weighted by atomic mass is 14.3. The molecule has 0 aromatic rings. The third kappa shape index (κ3) is 5.59. The molecular formula is C13H21N. The van der Waals surface area contributed by atoms with E-state index in [2.05, 4.69) is 45.1 Å². The summed E-state index contributed by atoms with van der Waals surface area (Å²) < 4.78 is 0. The molecule has 0 saturated heterocycles. The van der Waals surface area contributed by atoms with E-state index in [1.165, 1.54) is 5.57 Å². The molecule has 0 fully saturated rings. The molecule has 0 aromatic heterocycles. The fraction of sp³-hybridized carbons (Fsp3) is 0.615. The zero-order valence-electron chi connectivity index (χ0n) is 9.80. The molecule has 0 aliphatic heterocycles. The van der Waals surface area contributed by atoms with Crippen LogP contribution in [-0.2, 0) is 0 Å². The van der Waals surface area contributed by atoms with Gasteiger partial charge in [0.05, 0.1) is 11.5 Å². The normalized spacial score (nSPS) is 14.8. The lowest BCUT2D eigenvalue weighted by Gasteiger charge is -2.17. The van der Waals surface area contributed by atoms with Gasteiger partial charge in [0.15, 0.2) is 0 Å². The molecule has 0 heterocycles. The van der Waals surface area contributed by atoms with Crippen molar-refractivity contribution in [3.8, 4) is 6.07 Å². The molecule has 1 atom stereocenters. The molecule has 0 amide bonds. The predicted molar refractivity (Wildman–Crippen MR) is 61.8 cm³/mol. The monoisotopic (exact) mass is 191 g/mol. The third-order valence-corrected chi connectivity index (χ3v) is 2.20. The summed E-state index contributed by atoms with van der Waals surface area (Å²) in [6.45, 7) is 8.27. The van der Waals surface area contributed by atoms with Crippen LogP contribution < -0.4 is 0 Å². The SMILES string of the molecule is CCC=CCC(C)(C#N)CC=C(C)C. The minimum absolute atomic E-state index is 0.233. The van der Waals surface area contributed by atoms with Crippen LogP contribution in [0.25, 0.3) is 0 Å². The van der Waals surface area contributed by atoms with Gasteiger partial charge in [0, 0.05) is 0 Å². The minimum Gasteiger partial charge on any atom is -0.198 e. The van der Waals surface area contributed by atoms with E-state index < -0.39 is 0 Å². The Labute approximate surface area is 88.1 Å². The average molecular weight is 191 g/mol. The molecule has 0 spiro atoms. The first-order valence-corrected chi connectivity index (χ1v) is 5.23. The summed E-state index contributed by atoms with van der Waals surface area (Å²) in [7, 11) is 0. The Balaban J connectivity index is 4.27. The Bertz CT molecular complexity index is 251. The minimum atomic E-state index is -0.233. The largest absolute Gasteiger partial charge is 0.198 e. The molecular weight excluding hydrogens is 170 g/mol. The van der Waals surface area contributed by atoms with Crippen LogP contribution in [0.15, 0.2) is 23.8 Å². The summed E-state index contributed by atoms with van der Waals surface area (Å²) in [4.78, 5) is 0. The Morgan fingerprint density at radius 2 is 1.93 bits per heavy atom. The number of hydrogen-bond acceptors (Lipinski definition) is 1. The van der Waals surface area contributed by atoms with Crippen LogP contribution in [0.2, 0.25) is 0 Å². The van der Waals surface area contributed by atoms with Gasteiger partial charge in [-0.1, -0.05) is 30.7 Å². The topological polar surface area (TPSA) is 23.8 Å². The van der Waals surface area contributed by atoms with Gasteiger partial charge in [0.2, 0.25) is 0 Å². The lowest BCUT2D eigenvalue weighted by atomic mass is 9.84. The number of hydrogen-bond donors (Lipinski definition) is 0. The van der Waals surface area contributed by atoms with E-state index in [0.717, 1.165) is 19.3 Å². The highest BCUT2D eigenvalue weighted by Crippen LogP contribution is 2.26. The molecule has 1 unspecified atom stereocenters. The Morgan fingerprint density at radius 3 is 2.36 bits per heavy atom. The summed E-state index contributed by atoms with van der Waals surface area (Å²) >= 11 is 0. The maximum atomic E-state index is 9.08. The molecule has 14 heavy (non-hydrogen) atoms. The summed E-state index contributed by atoms with van der Waals surface area (Å²) in [5.41, 5.74) is 1.05. The van der Waals surface area contributed by atoms with Crippen LogP contribution in [0.4, 0.5) is 0 Å². The van der Waals surface area contributed by atoms with Gasteiger partial charge in [-0.3, -0.25) is 0 Å². The number of rotatable bonds is 5. The van der Waals surface area contributed by atoms with E-state index in [1.54, 1.807) is 0 Å². The fourth-order valence-electron chi connectivity index (χ4n) is 1.11. The summed E-state index contributed by atoms with van der Waals surface area (Å²) in [5, 5.41) is 9.08. The first-order valence-electron chi connectivity index (χ1n) is 5.23. The molecule has 1 heteroatoms. The predicted octanol–water partition coefficient (Wildman–Crippen LogP) is 4.23. The maximum Gasteiger partial charge on any atom is 0.0693 e. The van der Waals surface area contributed by atoms with E-state index in [1.807, 2.05) is 6.92 Å². The summed E-state index contributed by atoms with van der Waals surface area (Å²) in [5.74, 6) is 0. The van der Waals surface area contributed by atoms with Crippen molar-refractivity contribution in [2.45, 2.75) is 47.0 Å². The van der Waals surface area contributed by atoms with Crippen LogP contribution in [0.1, 0.15) is 47.0 Å². The first kappa shape index (κ1) is 13.0. The molecule has 0 aliphatic carbocycles. The fourth-order valence-corrected chi connectivity index (χ4v) is 1.11. The van der Waals surface area contributed by atoms with Gasteiger partial charge in [-0.25, -0.2) is 0 Å². The maximum absolute atomic E-state index is 9.08. The molecule has 1 nitrogen and oxygen atoms in total. The van der Waals surface area contributed by atoms with Gasteiger partial charge in [0.25, 0.3) is 0 Å². The molecule has 0 rings (SSSR count). The van der Waals surface area contributed by atoms with Crippen LogP contribution in [0.3, 0.4) is 0 Å². The average Bonchev–Trinajstić information content (AvgIpc) is 2.15. The second-order valence-corrected chi connectivity index (χ2v) is 4.24. The van der Waals surface area contributed by atoms with Crippen LogP contribution >= 0.6 is 0 Å². The van der Waals surface area contributed by atoms with Gasteiger partial charge in [-0.2, -0.15) is 5.26 Å². The first-order chi connectivity index (χ1) is 6.54. The van der Waals surface area contributed by atoms with Crippen LogP contribution in [0.5, 0.6) is 0 Å². The lowest BCUT2D eigenvalue weighted by molar-refractivity contribution is 0.454. The van der Waals surface area contributed by atoms with Crippen molar-refractivity contribution in [2.24, 2.45) is 5.41 Å². The quantitative estimate of drug-likeness (QED) is 0.596. The van der Waals surface area contributed by atoms with Gasteiger partial charge in [0.1, 0.15) is 0 Å². The van der Waals surface area contributed by atoms with Crippen LogP contribution in [0, 0.1) is 16.7 Å². The number of nitrogens with zero attached hydrogens (tertiary/aromatic N) is 1. The molecule has 0 aliphatic rings. The van der Waals surface area contributed by atoms with Crippen molar-refractivity contribution in [1.82, 2.24) is 0 Å². The Hall–Kier alpha value is -1.03.